The van der Waals surface area contributed by atoms with Crippen LogP contribution in [0.1, 0.15) is 27.7 Å². The van der Waals surface area contributed by atoms with Gasteiger partial charge in [0.2, 0.25) is 11.8 Å². The van der Waals surface area contributed by atoms with Crippen LogP contribution in [0.25, 0.3) is 0 Å². The Labute approximate surface area is 551 Å². The molecule has 0 aromatic heterocycles. The number of rotatable bonds is 25. The van der Waals surface area contributed by atoms with Crippen LogP contribution < -0.4 is 10.6 Å². The molecule has 8 rings (SSSR count). The Kier molecular flexibility index (Phi) is 28.7. The first-order chi connectivity index (χ1) is 45.9. The summed E-state index contributed by atoms with van der Waals surface area (Å²) >= 11 is 0. The molecule has 0 aromatic carbocycles. The zero-order valence-corrected chi connectivity index (χ0v) is 52.6. The zero-order chi connectivity index (χ0) is 71.5. The molecule has 564 valence electrons. The van der Waals surface area contributed by atoms with Crippen LogP contribution >= 0.6 is 0 Å². The average molecular weight is 1420 g/mol. The Morgan fingerprint density at radius 3 is 1.04 bits per heavy atom. The van der Waals surface area contributed by atoms with Crippen LogP contribution in [0.3, 0.4) is 0 Å². The summed E-state index contributed by atoms with van der Waals surface area (Å²) in [7, 11) is 0. The second-order valence-corrected chi connectivity index (χ2v) is 25.2. The molecule has 42 nitrogen and oxygen atoms in total. The Balaban J connectivity index is 1.12. The molecule has 8 saturated heterocycles. The summed E-state index contributed by atoms with van der Waals surface area (Å²) < 4.78 is 87.9. The molecule has 2 amide bonds. The molecule has 25 N–H and O–H groups in total. The first kappa shape index (κ1) is 80.1. The van der Waals surface area contributed by atoms with Gasteiger partial charge in [-0.2, -0.15) is 0 Å². The lowest BCUT2D eigenvalue weighted by Gasteiger charge is -2.51. The first-order valence-corrected chi connectivity index (χ1v) is 31.4. The van der Waals surface area contributed by atoms with Crippen LogP contribution in [0.5, 0.6) is 0 Å². The van der Waals surface area contributed by atoms with Crippen LogP contribution in [0, 0.1) is 5.92 Å². The number of carbonyl (C=O) groups is 2. The molecule has 42 heteroatoms. The number of aliphatic hydroxyl groups excluding tert-OH is 23. The molecule has 40 atom stereocenters. The quantitative estimate of drug-likeness (QED) is 0.0404. The smallest absolute Gasteiger partial charge is 0.217 e. The maximum Gasteiger partial charge on any atom is 0.217 e. The number of aliphatic hydroxyl groups is 23. The minimum atomic E-state index is -2.47. The fourth-order valence-corrected chi connectivity index (χ4v) is 12.7. The molecule has 0 saturated carbocycles. The van der Waals surface area contributed by atoms with Crippen molar-refractivity contribution in [3.05, 3.63) is 0 Å². The van der Waals surface area contributed by atoms with Gasteiger partial charge in [-0.05, 0) is 5.92 Å². The molecule has 97 heavy (non-hydrogen) atoms. The van der Waals surface area contributed by atoms with E-state index in [-0.39, 0.29) is 5.92 Å². The van der Waals surface area contributed by atoms with Crippen molar-refractivity contribution in [1.29, 1.82) is 0 Å². The van der Waals surface area contributed by atoms with Gasteiger partial charge in [-0.25, -0.2) is 0 Å². The number of hydrogen-bond acceptors (Lipinski definition) is 40. The maximum absolute atomic E-state index is 12.9. The third kappa shape index (κ3) is 17.5. The third-order valence-corrected chi connectivity index (χ3v) is 18.1. The molecule has 0 aliphatic carbocycles. The SMILES string of the molecule is CC(=O)N[C@@H]1C(O[C@@H]2C(CO)OC(C(C)C)[C@@H](NC(C)=O)[C@H]2O)OC(CO)[C@@H](OC2OC(COC3OC(COC4OC(CO)[C@@H](O)[C@H](O)[C@H]4O)[C@@H](O)[C@H](OC4O[C@@H](CO)[C@@H](O)C(O)C4O)[C@H]3O)[C@@H](O)[C@H](OC3O[C@@H](CO)[C@@H](O)C(O)C3OC3O[C@@H](CO)[C@@H](O)C(O)C3O)[C@H]2O)[C@@H]1O. The van der Waals surface area contributed by atoms with E-state index in [0.717, 1.165) is 13.8 Å². The summed E-state index contributed by atoms with van der Waals surface area (Å²) in [6.07, 6.45) is -75.7. The summed E-state index contributed by atoms with van der Waals surface area (Å²) in [6.45, 7) is -2.42. The molecule has 0 spiro atoms. The van der Waals surface area contributed by atoms with E-state index in [1.165, 1.54) is 0 Å². The van der Waals surface area contributed by atoms with E-state index >= 15 is 0 Å². The molecular weight excluding hydrogens is 1330 g/mol. The van der Waals surface area contributed by atoms with Crippen LogP contribution in [0.4, 0.5) is 0 Å². The van der Waals surface area contributed by atoms with E-state index in [9.17, 15) is 127 Å². The normalized spacial score (nSPS) is 50.1. The minimum Gasteiger partial charge on any atom is -0.394 e. The van der Waals surface area contributed by atoms with Gasteiger partial charge < -0.3 is 199 Å². The van der Waals surface area contributed by atoms with Crippen LogP contribution in [0.15, 0.2) is 0 Å². The Hall–Kier alpha value is -2.58. The lowest BCUT2D eigenvalue weighted by Crippen LogP contribution is -2.70. The summed E-state index contributed by atoms with van der Waals surface area (Å²) in [5.74, 6) is -1.84. The highest BCUT2D eigenvalue weighted by atomic mass is 16.8. The van der Waals surface area contributed by atoms with Crippen molar-refractivity contribution in [2.24, 2.45) is 5.92 Å². The van der Waals surface area contributed by atoms with Crippen molar-refractivity contribution in [2.75, 3.05) is 52.9 Å². The van der Waals surface area contributed by atoms with E-state index in [2.05, 4.69) is 10.6 Å². The van der Waals surface area contributed by atoms with E-state index in [0.29, 0.717) is 0 Å². The van der Waals surface area contributed by atoms with Gasteiger partial charge in [0.05, 0.1) is 65.0 Å². The first-order valence-electron chi connectivity index (χ1n) is 31.4. The Bertz CT molecular complexity index is 2430. The summed E-state index contributed by atoms with van der Waals surface area (Å²) in [5, 5.41) is 257. The van der Waals surface area contributed by atoms with Crippen molar-refractivity contribution in [2.45, 2.75) is 273 Å². The predicted molar refractivity (Wildman–Crippen MR) is 300 cm³/mol. The van der Waals surface area contributed by atoms with E-state index in [1.807, 2.05) is 0 Å². The highest BCUT2D eigenvalue weighted by Gasteiger charge is 2.59. The second-order valence-electron chi connectivity index (χ2n) is 25.2. The molecular formula is C55H94N2O40. The number of ether oxygens (including phenoxy) is 15. The van der Waals surface area contributed by atoms with Gasteiger partial charge in [0.1, 0.15) is 189 Å². The second kappa shape index (κ2) is 34.8. The van der Waals surface area contributed by atoms with Gasteiger partial charge in [0.15, 0.2) is 44.0 Å². The van der Waals surface area contributed by atoms with Crippen molar-refractivity contribution < 1.29 is 198 Å². The van der Waals surface area contributed by atoms with Gasteiger partial charge in [-0.3, -0.25) is 9.59 Å². The van der Waals surface area contributed by atoms with Crippen LogP contribution in [-0.2, 0) is 80.6 Å². The monoisotopic (exact) mass is 1420 g/mol. The molecule has 0 bridgehead atoms. The maximum atomic E-state index is 12.9. The van der Waals surface area contributed by atoms with Crippen molar-refractivity contribution in [1.82, 2.24) is 10.6 Å². The lowest BCUT2D eigenvalue weighted by molar-refractivity contribution is -0.399. The van der Waals surface area contributed by atoms with E-state index < -0.39 is 310 Å². The third-order valence-electron chi connectivity index (χ3n) is 18.1. The van der Waals surface area contributed by atoms with Gasteiger partial charge in [-0.1, -0.05) is 13.8 Å². The molecule has 19 unspecified atom stereocenters. The lowest BCUT2D eigenvalue weighted by atomic mass is 9.87. The van der Waals surface area contributed by atoms with Gasteiger partial charge in [0.25, 0.3) is 0 Å². The van der Waals surface area contributed by atoms with Gasteiger partial charge in [0, 0.05) is 13.8 Å². The fourth-order valence-electron chi connectivity index (χ4n) is 12.7. The van der Waals surface area contributed by atoms with Crippen LogP contribution in [-0.4, -0.2) is 427 Å². The Morgan fingerprint density at radius 2 is 0.598 bits per heavy atom. The van der Waals surface area contributed by atoms with Gasteiger partial charge >= 0.3 is 0 Å². The summed E-state index contributed by atoms with van der Waals surface area (Å²) in [5.41, 5.74) is 0. The van der Waals surface area contributed by atoms with Crippen molar-refractivity contribution in [3.63, 3.8) is 0 Å². The fraction of sp³-hybridized carbons (Fsp3) is 0.964. The number of hydrogen-bond donors (Lipinski definition) is 25. The average Bonchev–Trinajstić information content (AvgIpc) is 0.775. The van der Waals surface area contributed by atoms with Crippen LogP contribution in [0.2, 0.25) is 0 Å². The standard InChI is InChI=1S/C55H94N2O40/c1-13(2)43-24(56-14(3)64)32(72)44(20(9-62)85-43)93-49-25(57-15(4)65)33(73)45(21(10-63)90-49)94-54-42(82)47(96-55-48(37(77)29(69)19(8-61)89-55)97-53-40(80)36(76)28(68)18(7-60)88-53)31(71)23(92-54)12-84-51-41(81)46(95-52-39(79)35(75)27(67)17(6-59)87-52)30(70)22(91-51)11-83-50-38(78)34(74)26(66)16(5-58)86-50/h13,16-55,58-63,66-82H,5-12H2,1-4H3,(H,56,64)(H,57,65)/t16?,17-,18-,19-,20?,21?,22?,23?,24-,25-,26+,27+,28+,29+,30+,31+,32+,33+,34-,35?,36?,37?,38+,39?,40?,41+,42+,43?,44+,45+,46-,47-,48?,49?,50?,51?,52?,53?,54?,55?/m0/s1. The topological polar surface area (TPSA) is 662 Å². The zero-order valence-electron chi connectivity index (χ0n) is 52.6. The molecule has 8 fully saturated rings. The highest BCUT2D eigenvalue weighted by molar-refractivity contribution is 5.73. The molecule has 8 heterocycles. The summed E-state index contributed by atoms with van der Waals surface area (Å²) in [4.78, 5) is 25.3. The van der Waals surface area contributed by atoms with Crippen molar-refractivity contribution in [3.8, 4) is 0 Å². The largest absolute Gasteiger partial charge is 0.394 e. The Morgan fingerprint density at radius 1 is 0.299 bits per heavy atom. The van der Waals surface area contributed by atoms with Gasteiger partial charge in [-0.15, -0.1) is 0 Å². The minimum absolute atomic E-state index is 0.374. The molecule has 0 radical (unpaired) electrons. The number of nitrogens with one attached hydrogen (secondary N) is 2. The van der Waals surface area contributed by atoms with E-state index in [1.54, 1.807) is 13.8 Å². The molecule has 8 aliphatic rings. The highest BCUT2D eigenvalue weighted by Crippen LogP contribution is 2.39. The molecule has 0 aromatic rings. The van der Waals surface area contributed by atoms with Crippen molar-refractivity contribution >= 4 is 11.8 Å². The predicted octanol–water partition coefficient (Wildman–Crippen LogP) is -16.5. The number of amides is 2. The summed E-state index contributed by atoms with van der Waals surface area (Å²) in [6, 6.07) is -3.00. The molecule has 8 aliphatic heterocycles. The number of carbonyl (C=O) groups excluding carboxylic acids is 2. The van der Waals surface area contributed by atoms with E-state index in [4.69, 9.17) is 71.1 Å².